The van der Waals surface area contributed by atoms with E-state index in [4.69, 9.17) is 4.74 Å². The number of amides is 1. The maximum atomic E-state index is 11.2. The summed E-state index contributed by atoms with van der Waals surface area (Å²) in [5.41, 5.74) is 3.15. The predicted molar refractivity (Wildman–Crippen MR) is 54.6 cm³/mol. The maximum Gasteiger partial charge on any atom is 0.411 e. The van der Waals surface area contributed by atoms with Gasteiger partial charge in [0.15, 0.2) is 0 Å². The Morgan fingerprint density at radius 3 is 3.07 bits per heavy atom. The van der Waals surface area contributed by atoms with Crippen molar-refractivity contribution in [3.63, 3.8) is 0 Å². The third-order valence-electron chi connectivity index (χ3n) is 2.44. The Morgan fingerprint density at radius 1 is 1.50 bits per heavy atom. The van der Waals surface area contributed by atoms with Gasteiger partial charge < -0.3 is 4.74 Å². The molecule has 74 valence electrons. The van der Waals surface area contributed by atoms with E-state index >= 15 is 0 Å². The average molecular weight is 191 g/mol. The molecule has 0 radical (unpaired) electrons. The van der Waals surface area contributed by atoms with E-state index < -0.39 is 0 Å². The summed E-state index contributed by atoms with van der Waals surface area (Å²) >= 11 is 0. The van der Waals surface area contributed by atoms with Crippen molar-refractivity contribution in [2.75, 3.05) is 11.9 Å². The number of hydrogen-bond acceptors (Lipinski definition) is 2. The molecule has 1 heterocycles. The minimum Gasteiger partial charge on any atom is -0.449 e. The monoisotopic (exact) mass is 191 g/mol. The molecular weight excluding hydrogens is 178 g/mol. The fraction of sp³-hybridized carbons (Fsp3) is 0.364. The third kappa shape index (κ3) is 1.58. The van der Waals surface area contributed by atoms with Crippen LogP contribution in [0.1, 0.15) is 24.0 Å². The molecule has 1 aromatic carbocycles. The molecule has 0 fully saturated rings. The molecule has 0 saturated heterocycles. The molecule has 1 unspecified atom stereocenters. The zero-order chi connectivity index (χ0) is 10.1. The van der Waals surface area contributed by atoms with Crippen LogP contribution in [0.4, 0.5) is 10.5 Å². The van der Waals surface area contributed by atoms with E-state index in [-0.39, 0.29) is 12.0 Å². The van der Waals surface area contributed by atoms with Crippen LogP contribution in [0.5, 0.6) is 0 Å². The number of cyclic esters (lactones) is 1. The lowest BCUT2D eigenvalue weighted by atomic mass is 9.99. The highest BCUT2D eigenvalue weighted by Gasteiger charge is 2.18. The summed E-state index contributed by atoms with van der Waals surface area (Å²) < 4.78 is 4.99. The van der Waals surface area contributed by atoms with Gasteiger partial charge in [0.25, 0.3) is 0 Å². The second-order valence-electron chi connectivity index (χ2n) is 3.72. The van der Waals surface area contributed by atoms with Crippen molar-refractivity contribution in [2.24, 2.45) is 0 Å². The number of rotatable bonds is 0. The smallest absolute Gasteiger partial charge is 0.411 e. The second-order valence-corrected chi connectivity index (χ2v) is 3.72. The van der Waals surface area contributed by atoms with E-state index in [9.17, 15) is 4.79 Å². The van der Waals surface area contributed by atoms with E-state index in [1.807, 2.05) is 25.1 Å². The molecule has 1 aliphatic heterocycles. The fourth-order valence-corrected chi connectivity index (χ4v) is 1.64. The number of aryl methyl sites for hydroxylation is 1. The molecule has 3 heteroatoms. The molecule has 0 aliphatic carbocycles. The van der Waals surface area contributed by atoms with Crippen LogP contribution in [0, 0.1) is 6.92 Å². The molecule has 1 atom stereocenters. The number of ether oxygens (including phenoxy) is 1. The first kappa shape index (κ1) is 9.06. The van der Waals surface area contributed by atoms with Gasteiger partial charge in [-0.2, -0.15) is 0 Å². The van der Waals surface area contributed by atoms with Crippen LogP contribution in [0.3, 0.4) is 0 Å². The first-order valence-electron chi connectivity index (χ1n) is 4.71. The molecule has 1 amide bonds. The Morgan fingerprint density at radius 2 is 2.29 bits per heavy atom. The SMILES string of the molecule is Cc1ccc2c(c1)NC(=O)OCC2C. The minimum absolute atomic E-state index is 0.254. The summed E-state index contributed by atoms with van der Waals surface area (Å²) in [5.74, 6) is 0.254. The number of carbonyl (C=O) groups is 1. The highest BCUT2D eigenvalue weighted by molar-refractivity contribution is 5.86. The Balaban J connectivity index is 2.46. The van der Waals surface area contributed by atoms with Crippen molar-refractivity contribution in [2.45, 2.75) is 19.8 Å². The Bertz CT molecular complexity index is 374. The second kappa shape index (κ2) is 3.33. The molecule has 0 aromatic heterocycles. The van der Waals surface area contributed by atoms with Crippen LogP contribution in [0.2, 0.25) is 0 Å². The third-order valence-corrected chi connectivity index (χ3v) is 2.44. The number of fused-ring (bicyclic) bond motifs is 1. The summed E-state index contributed by atoms with van der Waals surface area (Å²) in [6.45, 7) is 4.50. The molecule has 1 N–H and O–H groups in total. The van der Waals surface area contributed by atoms with Gasteiger partial charge >= 0.3 is 6.09 Å². The van der Waals surface area contributed by atoms with Gasteiger partial charge in [0, 0.05) is 11.6 Å². The van der Waals surface area contributed by atoms with E-state index in [1.54, 1.807) is 0 Å². The molecule has 0 spiro atoms. The quantitative estimate of drug-likeness (QED) is 0.684. The summed E-state index contributed by atoms with van der Waals surface area (Å²) in [5, 5.41) is 2.73. The van der Waals surface area contributed by atoms with Gasteiger partial charge in [-0.15, -0.1) is 0 Å². The lowest BCUT2D eigenvalue weighted by Gasteiger charge is -2.10. The predicted octanol–water partition coefficient (Wildman–Crippen LogP) is 2.66. The Hall–Kier alpha value is -1.51. The molecule has 1 aliphatic rings. The van der Waals surface area contributed by atoms with Gasteiger partial charge in [-0.3, -0.25) is 5.32 Å². The number of hydrogen-bond donors (Lipinski definition) is 1. The maximum absolute atomic E-state index is 11.2. The van der Waals surface area contributed by atoms with Crippen molar-refractivity contribution in [3.05, 3.63) is 29.3 Å². The van der Waals surface area contributed by atoms with Crippen LogP contribution in [0.25, 0.3) is 0 Å². The number of nitrogens with one attached hydrogen (secondary N) is 1. The highest BCUT2D eigenvalue weighted by atomic mass is 16.5. The topological polar surface area (TPSA) is 38.3 Å². The minimum atomic E-state index is -0.360. The Labute approximate surface area is 83.1 Å². The zero-order valence-corrected chi connectivity index (χ0v) is 8.33. The summed E-state index contributed by atoms with van der Waals surface area (Å²) in [7, 11) is 0. The van der Waals surface area contributed by atoms with Crippen LogP contribution >= 0.6 is 0 Å². The van der Waals surface area contributed by atoms with Gasteiger partial charge in [0.05, 0.1) is 6.61 Å². The van der Waals surface area contributed by atoms with Crippen LogP contribution in [-0.4, -0.2) is 12.7 Å². The first-order chi connectivity index (χ1) is 6.66. The van der Waals surface area contributed by atoms with Crippen molar-refractivity contribution in [3.8, 4) is 0 Å². The zero-order valence-electron chi connectivity index (χ0n) is 8.33. The lowest BCUT2D eigenvalue weighted by Crippen LogP contribution is -2.11. The highest BCUT2D eigenvalue weighted by Crippen LogP contribution is 2.28. The number of anilines is 1. The van der Waals surface area contributed by atoms with Crippen molar-refractivity contribution < 1.29 is 9.53 Å². The van der Waals surface area contributed by atoms with Crippen LogP contribution in [-0.2, 0) is 4.74 Å². The molecule has 1 aromatic rings. The summed E-state index contributed by atoms with van der Waals surface area (Å²) in [4.78, 5) is 11.2. The summed E-state index contributed by atoms with van der Waals surface area (Å²) in [6, 6.07) is 6.06. The van der Waals surface area contributed by atoms with E-state index in [0.717, 1.165) is 16.8 Å². The van der Waals surface area contributed by atoms with Crippen molar-refractivity contribution in [1.29, 1.82) is 0 Å². The standard InChI is InChI=1S/C11H13NO2/c1-7-3-4-9-8(2)6-14-11(13)12-10(9)5-7/h3-5,8H,6H2,1-2H3,(H,12,13). The number of carbonyl (C=O) groups excluding carboxylic acids is 1. The first-order valence-corrected chi connectivity index (χ1v) is 4.71. The molecule has 0 bridgehead atoms. The van der Waals surface area contributed by atoms with Crippen molar-refractivity contribution >= 4 is 11.8 Å². The van der Waals surface area contributed by atoms with Crippen LogP contribution in [0.15, 0.2) is 18.2 Å². The molecule has 0 saturated carbocycles. The molecule has 3 nitrogen and oxygen atoms in total. The van der Waals surface area contributed by atoms with E-state index in [2.05, 4.69) is 12.2 Å². The van der Waals surface area contributed by atoms with Gasteiger partial charge in [-0.05, 0) is 24.1 Å². The van der Waals surface area contributed by atoms with Gasteiger partial charge in [0.2, 0.25) is 0 Å². The van der Waals surface area contributed by atoms with Gasteiger partial charge in [-0.25, -0.2) is 4.79 Å². The van der Waals surface area contributed by atoms with Gasteiger partial charge in [0.1, 0.15) is 0 Å². The lowest BCUT2D eigenvalue weighted by molar-refractivity contribution is 0.158. The van der Waals surface area contributed by atoms with Crippen molar-refractivity contribution in [1.82, 2.24) is 0 Å². The molecular formula is C11H13NO2. The van der Waals surface area contributed by atoms with Crippen LogP contribution < -0.4 is 5.32 Å². The largest absolute Gasteiger partial charge is 0.449 e. The van der Waals surface area contributed by atoms with E-state index in [0.29, 0.717) is 6.61 Å². The van der Waals surface area contributed by atoms with E-state index in [1.165, 1.54) is 0 Å². The summed E-state index contributed by atoms with van der Waals surface area (Å²) in [6.07, 6.45) is -0.360. The normalized spacial score (nSPS) is 20.4. The fourth-order valence-electron chi connectivity index (χ4n) is 1.64. The molecule has 2 rings (SSSR count). The molecule has 14 heavy (non-hydrogen) atoms. The number of benzene rings is 1. The average Bonchev–Trinajstić information content (AvgIpc) is 2.26. The Kier molecular flexibility index (Phi) is 2.15. The van der Waals surface area contributed by atoms with Gasteiger partial charge in [-0.1, -0.05) is 19.1 Å².